The molecule has 0 aliphatic heterocycles. The van der Waals surface area contributed by atoms with Gasteiger partial charge in [0.05, 0.1) is 7.11 Å². The van der Waals surface area contributed by atoms with Crippen LogP contribution in [0.4, 0.5) is 13.6 Å². The lowest BCUT2D eigenvalue weighted by molar-refractivity contribution is 0.157. The molecule has 4 aromatic rings. The normalized spacial score (nSPS) is 11.0. The molecule has 0 saturated heterocycles. The van der Waals surface area contributed by atoms with Crippen LogP contribution in [0.15, 0.2) is 66.9 Å². The monoisotopic (exact) mass is 464 g/mol. The number of carbonyl (C=O) groups excluding carboxylic acids is 1. The van der Waals surface area contributed by atoms with Crippen LogP contribution in [0.5, 0.6) is 11.5 Å². The zero-order chi connectivity index (χ0) is 24.2. The number of carbonyl (C=O) groups is 1. The molecule has 34 heavy (non-hydrogen) atoms. The number of benzene rings is 3. The molecule has 4 rings (SSSR count). The summed E-state index contributed by atoms with van der Waals surface area (Å²) in [6.45, 7) is 5.30. The lowest BCUT2D eigenvalue weighted by Crippen LogP contribution is -2.33. The third-order valence-corrected chi connectivity index (χ3v) is 5.83. The lowest BCUT2D eigenvalue weighted by atomic mass is 10.00. The van der Waals surface area contributed by atoms with Crippen LogP contribution in [0, 0.1) is 11.6 Å². The van der Waals surface area contributed by atoms with Gasteiger partial charge in [0.15, 0.2) is 11.6 Å². The van der Waals surface area contributed by atoms with E-state index in [2.05, 4.69) is 0 Å². The van der Waals surface area contributed by atoms with Gasteiger partial charge in [0.25, 0.3) is 0 Å². The number of rotatable bonds is 7. The van der Waals surface area contributed by atoms with Gasteiger partial charge in [-0.3, -0.25) is 0 Å². The van der Waals surface area contributed by atoms with Crippen molar-refractivity contribution < 1.29 is 23.0 Å². The van der Waals surface area contributed by atoms with Crippen LogP contribution in [-0.2, 0) is 6.54 Å². The predicted molar refractivity (Wildman–Crippen MR) is 128 cm³/mol. The topological polar surface area (TPSA) is 43.7 Å². The summed E-state index contributed by atoms with van der Waals surface area (Å²) in [6.07, 6.45) is 1.42. The third kappa shape index (κ3) is 4.59. The van der Waals surface area contributed by atoms with Gasteiger partial charge in [-0.25, -0.2) is 13.6 Å². The Morgan fingerprint density at radius 2 is 1.76 bits per heavy atom. The molecule has 176 valence electrons. The van der Waals surface area contributed by atoms with Crippen LogP contribution in [0.2, 0.25) is 0 Å². The number of methoxy groups -OCH3 is 1. The quantitative estimate of drug-likeness (QED) is 0.314. The van der Waals surface area contributed by atoms with Crippen molar-refractivity contribution >= 4 is 17.0 Å². The average molecular weight is 465 g/mol. The first-order chi connectivity index (χ1) is 16.4. The Balaban J connectivity index is 1.82. The van der Waals surface area contributed by atoms with E-state index >= 15 is 0 Å². The highest BCUT2D eigenvalue weighted by Crippen LogP contribution is 2.39. The highest BCUT2D eigenvalue weighted by molar-refractivity contribution is 5.99. The van der Waals surface area contributed by atoms with E-state index in [1.165, 1.54) is 6.07 Å². The lowest BCUT2D eigenvalue weighted by Gasteiger charge is -2.20. The molecule has 0 unspecified atom stereocenters. The summed E-state index contributed by atoms with van der Waals surface area (Å²) in [4.78, 5) is 14.2. The Morgan fingerprint density at radius 1 is 0.971 bits per heavy atom. The van der Waals surface area contributed by atoms with Crippen molar-refractivity contribution in [1.29, 1.82) is 0 Å². The Labute approximate surface area is 197 Å². The van der Waals surface area contributed by atoms with Gasteiger partial charge >= 0.3 is 6.09 Å². The number of aromatic nitrogens is 1. The van der Waals surface area contributed by atoms with Crippen molar-refractivity contribution in [2.45, 2.75) is 20.4 Å². The predicted octanol–water partition coefficient (Wildman–Crippen LogP) is 6.48. The van der Waals surface area contributed by atoms with Crippen LogP contribution >= 0.6 is 0 Å². The van der Waals surface area contributed by atoms with Gasteiger partial charge in [0.2, 0.25) is 0 Å². The fourth-order valence-electron chi connectivity index (χ4n) is 4.03. The van der Waals surface area contributed by atoms with E-state index in [9.17, 15) is 13.6 Å². The van der Waals surface area contributed by atoms with Crippen molar-refractivity contribution in [1.82, 2.24) is 9.47 Å². The van der Waals surface area contributed by atoms with E-state index in [-0.39, 0.29) is 5.75 Å². The van der Waals surface area contributed by atoms with E-state index in [0.717, 1.165) is 34.3 Å². The molecule has 0 fully saturated rings. The molecule has 0 spiro atoms. The third-order valence-electron chi connectivity index (χ3n) is 5.83. The molecule has 1 amide bonds. The Morgan fingerprint density at radius 3 is 2.47 bits per heavy atom. The maximum Gasteiger partial charge on any atom is 0.415 e. The molecular weight excluding hydrogens is 438 g/mol. The second-order valence-electron chi connectivity index (χ2n) is 7.84. The molecule has 0 aliphatic carbocycles. The number of halogens is 2. The van der Waals surface area contributed by atoms with E-state index < -0.39 is 17.7 Å². The largest absolute Gasteiger partial charge is 0.497 e. The maximum atomic E-state index is 14.2. The van der Waals surface area contributed by atoms with Gasteiger partial charge < -0.3 is 18.9 Å². The maximum absolute atomic E-state index is 14.2. The van der Waals surface area contributed by atoms with Gasteiger partial charge in [-0.05, 0) is 67.4 Å². The number of hydrogen-bond donors (Lipinski definition) is 0. The van der Waals surface area contributed by atoms with Crippen molar-refractivity contribution in [2.24, 2.45) is 0 Å². The Kier molecular flexibility index (Phi) is 6.82. The van der Waals surface area contributed by atoms with Crippen molar-refractivity contribution in [3.8, 4) is 22.6 Å². The summed E-state index contributed by atoms with van der Waals surface area (Å²) < 4.78 is 40.9. The van der Waals surface area contributed by atoms with Crippen molar-refractivity contribution in [3.05, 3.63) is 84.1 Å². The SMILES string of the molecule is CCN(CC)C(=O)Oc1ccc2c(ccn2Cc2cccc(OC)c2)c1-c1ccc(F)c(F)c1. The molecule has 1 aromatic heterocycles. The van der Waals surface area contributed by atoms with Crippen LogP contribution < -0.4 is 9.47 Å². The summed E-state index contributed by atoms with van der Waals surface area (Å²) in [5.74, 6) is -0.851. The van der Waals surface area contributed by atoms with Crippen LogP contribution in [0.25, 0.3) is 22.0 Å². The van der Waals surface area contributed by atoms with E-state index in [0.29, 0.717) is 30.8 Å². The number of fused-ring (bicyclic) bond motifs is 1. The second kappa shape index (κ2) is 9.95. The highest BCUT2D eigenvalue weighted by Gasteiger charge is 2.20. The molecule has 3 aromatic carbocycles. The van der Waals surface area contributed by atoms with Gasteiger partial charge in [-0.2, -0.15) is 0 Å². The molecular formula is C27H26F2N2O3. The molecule has 1 heterocycles. The second-order valence-corrected chi connectivity index (χ2v) is 7.84. The first kappa shape index (κ1) is 23.3. The molecule has 0 radical (unpaired) electrons. The first-order valence-electron chi connectivity index (χ1n) is 11.1. The average Bonchev–Trinajstić information content (AvgIpc) is 3.24. The zero-order valence-corrected chi connectivity index (χ0v) is 19.3. The van der Waals surface area contributed by atoms with Crippen LogP contribution in [0.3, 0.4) is 0 Å². The molecule has 7 heteroatoms. The Hall–Kier alpha value is -3.87. The highest BCUT2D eigenvalue weighted by atomic mass is 19.2. The van der Waals surface area contributed by atoms with Gasteiger partial charge in [-0.1, -0.05) is 18.2 Å². The van der Waals surface area contributed by atoms with Gasteiger partial charge in [-0.15, -0.1) is 0 Å². The van der Waals surface area contributed by atoms with E-state index in [1.54, 1.807) is 18.1 Å². The molecule has 5 nitrogen and oxygen atoms in total. The van der Waals surface area contributed by atoms with E-state index in [4.69, 9.17) is 9.47 Å². The van der Waals surface area contributed by atoms with Crippen LogP contribution in [0.1, 0.15) is 19.4 Å². The van der Waals surface area contributed by atoms with Crippen molar-refractivity contribution in [2.75, 3.05) is 20.2 Å². The number of amides is 1. The minimum atomic E-state index is -0.966. The fraction of sp³-hybridized carbons (Fsp3) is 0.222. The summed E-state index contributed by atoms with van der Waals surface area (Å²) in [7, 11) is 1.62. The zero-order valence-electron chi connectivity index (χ0n) is 19.3. The number of nitrogens with zero attached hydrogens (tertiary/aromatic N) is 2. The standard InChI is InChI=1S/C27H26F2N2O3/c1-4-30(5-2)27(32)34-25-12-11-24-21(26(25)19-9-10-22(28)23(29)16-19)13-14-31(24)17-18-7-6-8-20(15-18)33-3/h6-16H,4-5,17H2,1-3H3. The minimum absolute atomic E-state index is 0.287. The Bertz CT molecular complexity index is 1330. The summed E-state index contributed by atoms with van der Waals surface area (Å²) in [5.41, 5.74) is 2.86. The molecule has 0 atom stereocenters. The minimum Gasteiger partial charge on any atom is -0.497 e. The first-order valence-corrected chi connectivity index (χ1v) is 11.1. The van der Waals surface area contributed by atoms with Crippen molar-refractivity contribution in [3.63, 3.8) is 0 Å². The number of ether oxygens (including phenoxy) is 2. The summed E-state index contributed by atoms with van der Waals surface area (Å²) in [6, 6.07) is 16.9. The summed E-state index contributed by atoms with van der Waals surface area (Å²) >= 11 is 0. The van der Waals surface area contributed by atoms with E-state index in [1.807, 2.05) is 61.0 Å². The van der Waals surface area contributed by atoms with Gasteiger partial charge in [0.1, 0.15) is 11.5 Å². The van der Waals surface area contributed by atoms with Crippen LogP contribution in [-0.4, -0.2) is 35.8 Å². The fourth-order valence-corrected chi connectivity index (χ4v) is 4.03. The van der Waals surface area contributed by atoms with Gasteiger partial charge in [0, 0.05) is 42.3 Å². The molecule has 0 bridgehead atoms. The summed E-state index contributed by atoms with van der Waals surface area (Å²) in [5, 5.41) is 0.763. The smallest absolute Gasteiger partial charge is 0.415 e. The molecule has 0 N–H and O–H groups in total. The molecule has 0 aliphatic rings. The number of hydrogen-bond acceptors (Lipinski definition) is 3. The molecule has 0 saturated carbocycles.